The number of nitrogens with zero attached hydrogens (tertiary/aromatic N) is 2. The van der Waals surface area contributed by atoms with Gasteiger partial charge in [0.2, 0.25) is 10.0 Å². The van der Waals surface area contributed by atoms with Crippen molar-refractivity contribution in [3.05, 3.63) is 42.2 Å². The molecule has 28 heavy (non-hydrogen) atoms. The van der Waals surface area contributed by atoms with E-state index in [0.29, 0.717) is 23.5 Å². The topological polar surface area (TPSA) is 105 Å². The van der Waals surface area contributed by atoms with Crippen LogP contribution in [0.15, 0.2) is 36.5 Å². The summed E-state index contributed by atoms with van der Waals surface area (Å²) in [7, 11) is -3.33. The maximum atomic E-state index is 12.4. The summed E-state index contributed by atoms with van der Waals surface area (Å²) in [5, 5.41) is 10.5. The Morgan fingerprint density at radius 1 is 1.25 bits per heavy atom. The van der Waals surface area contributed by atoms with E-state index in [4.69, 9.17) is 0 Å². The molecule has 1 amide bonds. The molecule has 1 atom stereocenters. The maximum Gasteiger partial charge on any atom is 0.276 e. The van der Waals surface area contributed by atoms with E-state index in [1.165, 1.54) is 0 Å². The normalized spacial score (nSPS) is 16.8. The standard InChI is InChI=1S/C18H25N5O3S.ClH/c1-2-12-27(25,26)22-15-7-5-14(6-8-15)20-18(24)17-9-11-23(21-17)16-4-3-10-19-13-16;/h5-9,11,16,19,22H,2-4,10,12-13H2,1H3,(H,20,24);1H. The smallest absolute Gasteiger partial charge is 0.276 e. The first-order chi connectivity index (χ1) is 13.0. The molecular formula is C18H26ClN5O3S. The van der Waals surface area contributed by atoms with E-state index >= 15 is 0 Å². The Morgan fingerprint density at radius 3 is 2.61 bits per heavy atom. The molecule has 0 radical (unpaired) electrons. The first-order valence-electron chi connectivity index (χ1n) is 9.14. The summed E-state index contributed by atoms with van der Waals surface area (Å²) in [6, 6.07) is 8.53. The van der Waals surface area contributed by atoms with Crippen molar-refractivity contribution in [1.29, 1.82) is 0 Å². The minimum atomic E-state index is -3.33. The van der Waals surface area contributed by atoms with Crippen LogP contribution in [0.25, 0.3) is 0 Å². The maximum absolute atomic E-state index is 12.4. The predicted octanol–water partition coefficient (Wildman–Crippen LogP) is 2.63. The van der Waals surface area contributed by atoms with Crippen molar-refractivity contribution >= 4 is 39.7 Å². The Bertz CT molecular complexity index is 877. The number of hydrogen-bond donors (Lipinski definition) is 3. The number of nitrogens with one attached hydrogen (secondary N) is 3. The zero-order chi connectivity index (χ0) is 19.3. The number of anilines is 2. The molecular weight excluding hydrogens is 402 g/mol. The van der Waals surface area contributed by atoms with Gasteiger partial charge in [0.1, 0.15) is 0 Å². The summed E-state index contributed by atoms with van der Waals surface area (Å²) in [6.45, 7) is 3.69. The van der Waals surface area contributed by atoms with Gasteiger partial charge < -0.3 is 10.6 Å². The Labute approximate surface area is 171 Å². The van der Waals surface area contributed by atoms with Gasteiger partial charge in [-0.2, -0.15) is 5.10 Å². The van der Waals surface area contributed by atoms with Crippen LogP contribution in [-0.2, 0) is 10.0 Å². The lowest BCUT2D eigenvalue weighted by molar-refractivity contribution is 0.102. The SMILES string of the molecule is CCCS(=O)(=O)Nc1ccc(NC(=O)c2ccn(C3CCCNC3)n2)cc1.Cl. The molecule has 1 unspecified atom stereocenters. The van der Waals surface area contributed by atoms with Gasteiger partial charge in [-0.3, -0.25) is 14.2 Å². The van der Waals surface area contributed by atoms with E-state index in [1.54, 1.807) is 30.3 Å². The molecule has 10 heteroatoms. The van der Waals surface area contributed by atoms with Crippen LogP contribution in [0.2, 0.25) is 0 Å². The van der Waals surface area contributed by atoms with Crippen LogP contribution < -0.4 is 15.4 Å². The summed E-state index contributed by atoms with van der Waals surface area (Å²) in [5.74, 6) is -0.221. The molecule has 1 saturated heterocycles. The molecule has 0 aliphatic carbocycles. The second-order valence-electron chi connectivity index (χ2n) is 6.63. The molecule has 3 rings (SSSR count). The summed E-state index contributed by atoms with van der Waals surface area (Å²) in [5.41, 5.74) is 1.40. The Hall–Kier alpha value is -2.10. The highest BCUT2D eigenvalue weighted by molar-refractivity contribution is 7.92. The molecule has 1 aromatic heterocycles. The molecule has 1 aliphatic heterocycles. The van der Waals surface area contributed by atoms with Crippen molar-refractivity contribution in [3.63, 3.8) is 0 Å². The lowest BCUT2D eigenvalue weighted by Gasteiger charge is -2.22. The van der Waals surface area contributed by atoms with Gasteiger partial charge in [0.05, 0.1) is 11.8 Å². The van der Waals surface area contributed by atoms with Crippen LogP contribution >= 0.6 is 12.4 Å². The van der Waals surface area contributed by atoms with Crippen molar-refractivity contribution in [2.75, 3.05) is 28.9 Å². The number of carbonyl (C=O) groups excluding carboxylic acids is 1. The molecule has 2 heterocycles. The zero-order valence-electron chi connectivity index (χ0n) is 15.7. The van der Waals surface area contributed by atoms with E-state index in [-0.39, 0.29) is 30.1 Å². The van der Waals surface area contributed by atoms with E-state index in [9.17, 15) is 13.2 Å². The summed E-state index contributed by atoms with van der Waals surface area (Å²) in [4.78, 5) is 12.4. The number of aromatic nitrogens is 2. The van der Waals surface area contributed by atoms with Crippen LogP contribution in [0, 0.1) is 0 Å². The van der Waals surface area contributed by atoms with Crippen LogP contribution in [0.4, 0.5) is 11.4 Å². The second-order valence-corrected chi connectivity index (χ2v) is 8.48. The van der Waals surface area contributed by atoms with Crippen LogP contribution in [0.5, 0.6) is 0 Å². The van der Waals surface area contributed by atoms with Crippen molar-refractivity contribution in [3.8, 4) is 0 Å². The first kappa shape index (κ1) is 22.2. The van der Waals surface area contributed by atoms with Gasteiger partial charge in [-0.05, 0) is 56.1 Å². The average molecular weight is 428 g/mol. The Kier molecular flexibility index (Phi) is 7.85. The number of benzene rings is 1. The molecule has 3 N–H and O–H groups in total. The largest absolute Gasteiger partial charge is 0.321 e. The summed E-state index contributed by atoms with van der Waals surface area (Å²) in [6.07, 6.45) is 4.52. The van der Waals surface area contributed by atoms with Gasteiger partial charge in [-0.15, -0.1) is 12.4 Å². The van der Waals surface area contributed by atoms with Crippen molar-refractivity contribution < 1.29 is 13.2 Å². The molecule has 8 nitrogen and oxygen atoms in total. The predicted molar refractivity (Wildman–Crippen MR) is 113 cm³/mol. The fourth-order valence-corrected chi connectivity index (χ4v) is 4.17. The van der Waals surface area contributed by atoms with E-state index < -0.39 is 10.0 Å². The number of halogens is 1. The lowest BCUT2D eigenvalue weighted by atomic mass is 10.1. The summed E-state index contributed by atoms with van der Waals surface area (Å²) < 4.78 is 27.9. The van der Waals surface area contributed by atoms with Crippen LogP contribution in [-0.4, -0.2) is 42.9 Å². The van der Waals surface area contributed by atoms with Gasteiger partial charge in [0, 0.05) is 24.1 Å². The van der Waals surface area contributed by atoms with Gasteiger partial charge in [0.25, 0.3) is 5.91 Å². The minimum Gasteiger partial charge on any atom is -0.321 e. The van der Waals surface area contributed by atoms with Gasteiger partial charge in [-0.25, -0.2) is 8.42 Å². The summed E-state index contributed by atoms with van der Waals surface area (Å²) >= 11 is 0. The number of piperidine rings is 1. The van der Waals surface area contributed by atoms with E-state index in [2.05, 4.69) is 20.5 Å². The number of carbonyl (C=O) groups is 1. The fourth-order valence-electron chi connectivity index (χ4n) is 3.04. The monoisotopic (exact) mass is 427 g/mol. The molecule has 1 aromatic carbocycles. The molecule has 0 saturated carbocycles. The number of amides is 1. The van der Waals surface area contributed by atoms with Gasteiger partial charge in [-0.1, -0.05) is 6.92 Å². The molecule has 2 aromatic rings. The lowest BCUT2D eigenvalue weighted by Crippen LogP contribution is -2.32. The highest BCUT2D eigenvalue weighted by Crippen LogP contribution is 2.18. The van der Waals surface area contributed by atoms with E-state index in [0.717, 1.165) is 25.9 Å². The third-order valence-electron chi connectivity index (χ3n) is 4.37. The molecule has 154 valence electrons. The Balaban J connectivity index is 0.00000280. The van der Waals surface area contributed by atoms with Crippen molar-refractivity contribution in [2.45, 2.75) is 32.2 Å². The molecule has 1 aliphatic rings. The Morgan fingerprint density at radius 2 is 1.96 bits per heavy atom. The minimum absolute atomic E-state index is 0. The number of sulfonamides is 1. The van der Waals surface area contributed by atoms with Crippen LogP contribution in [0.3, 0.4) is 0 Å². The van der Waals surface area contributed by atoms with Crippen molar-refractivity contribution in [1.82, 2.24) is 15.1 Å². The van der Waals surface area contributed by atoms with Gasteiger partial charge >= 0.3 is 0 Å². The van der Waals surface area contributed by atoms with Crippen molar-refractivity contribution in [2.24, 2.45) is 0 Å². The number of hydrogen-bond acceptors (Lipinski definition) is 5. The molecule has 0 spiro atoms. The van der Waals surface area contributed by atoms with Gasteiger partial charge in [0.15, 0.2) is 5.69 Å². The number of rotatable bonds is 7. The third kappa shape index (κ3) is 5.95. The first-order valence-corrected chi connectivity index (χ1v) is 10.8. The third-order valence-corrected chi connectivity index (χ3v) is 5.87. The fraction of sp³-hybridized carbons (Fsp3) is 0.444. The molecule has 0 bridgehead atoms. The average Bonchev–Trinajstić information content (AvgIpc) is 3.14. The highest BCUT2D eigenvalue weighted by Gasteiger charge is 2.18. The van der Waals surface area contributed by atoms with Crippen LogP contribution in [0.1, 0.15) is 42.7 Å². The second kappa shape index (κ2) is 9.90. The zero-order valence-corrected chi connectivity index (χ0v) is 17.4. The quantitative estimate of drug-likeness (QED) is 0.630. The highest BCUT2D eigenvalue weighted by atomic mass is 35.5. The molecule has 1 fully saturated rings. The van der Waals surface area contributed by atoms with E-state index in [1.807, 2.05) is 17.8 Å².